The first kappa shape index (κ1) is 9.51. The summed E-state index contributed by atoms with van der Waals surface area (Å²) in [5.74, 6) is -0.984. The minimum atomic E-state index is -0.984. The molecule has 4 nitrogen and oxygen atoms in total. The SMILES string of the molecule is C=CCCCn1ccc(C(=O)O)n1. The number of aromatic nitrogens is 2. The number of hydrogen-bond acceptors (Lipinski definition) is 2. The van der Waals surface area contributed by atoms with E-state index in [4.69, 9.17) is 5.11 Å². The molecule has 0 unspecified atom stereocenters. The maximum atomic E-state index is 10.5. The van der Waals surface area contributed by atoms with Gasteiger partial charge in [-0.3, -0.25) is 4.68 Å². The fourth-order valence-electron chi connectivity index (χ4n) is 0.998. The molecule has 0 aliphatic carbocycles. The molecule has 1 N–H and O–H groups in total. The van der Waals surface area contributed by atoms with E-state index >= 15 is 0 Å². The number of aryl methyl sites for hydroxylation is 1. The van der Waals surface area contributed by atoms with Crippen LogP contribution in [0.2, 0.25) is 0 Å². The second-order valence-electron chi connectivity index (χ2n) is 2.70. The fraction of sp³-hybridized carbons (Fsp3) is 0.333. The smallest absolute Gasteiger partial charge is 0.356 e. The summed E-state index contributed by atoms with van der Waals surface area (Å²) in [6, 6.07) is 1.50. The lowest BCUT2D eigenvalue weighted by molar-refractivity contribution is 0.0689. The molecule has 0 atom stereocenters. The van der Waals surface area contributed by atoms with Crippen molar-refractivity contribution >= 4 is 5.97 Å². The average molecular weight is 180 g/mol. The van der Waals surface area contributed by atoms with Crippen molar-refractivity contribution < 1.29 is 9.90 Å². The third-order valence-electron chi connectivity index (χ3n) is 1.66. The molecule has 1 aromatic rings. The normalized spacial score (nSPS) is 9.85. The van der Waals surface area contributed by atoms with Crippen molar-refractivity contribution in [1.82, 2.24) is 9.78 Å². The van der Waals surface area contributed by atoms with Gasteiger partial charge in [-0.2, -0.15) is 5.10 Å². The Labute approximate surface area is 76.5 Å². The highest BCUT2D eigenvalue weighted by atomic mass is 16.4. The second-order valence-corrected chi connectivity index (χ2v) is 2.70. The van der Waals surface area contributed by atoms with Crippen LogP contribution in [0.5, 0.6) is 0 Å². The van der Waals surface area contributed by atoms with Gasteiger partial charge in [0.15, 0.2) is 5.69 Å². The van der Waals surface area contributed by atoms with Crippen LogP contribution >= 0.6 is 0 Å². The quantitative estimate of drug-likeness (QED) is 0.552. The summed E-state index contributed by atoms with van der Waals surface area (Å²) >= 11 is 0. The summed E-state index contributed by atoms with van der Waals surface area (Å²) in [4.78, 5) is 10.5. The molecular formula is C9H12N2O2. The van der Waals surface area contributed by atoms with Crippen LogP contribution in [0, 0.1) is 0 Å². The maximum absolute atomic E-state index is 10.5. The van der Waals surface area contributed by atoms with Gasteiger partial charge in [-0.25, -0.2) is 4.79 Å². The van der Waals surface area contributed by atoms with E-state index in [0.717, 1.165) is 19.4 Å². The molecule has 70 valence electrons. The van der Waals surface area contributed by atoms with Crippen molar-refractivity contribution in [3.63, 3.8) is 0 Å². The molecule has 0 aromatic carbocycles. The van der Waals surface area contributed by atoms with E-state index in [1.54, 1.807) is 10.9 Å². The van der Waals surface area contributed by atoms with Crippen molar-refractivity contribution in [3.8, 4) is 0 Å². The van der Waals surface area contributed by atoms with Crippen LogP contribution in [-0.2, 0) is 6.54 Å². The highest BCUT2D eigenvalue weighted by molar-refractivity contribution is 5.84. The molecule has 4 heteroatoms. The maximum Gasteiger partial charge on any atom is 0.356 e. The van der Waals surface area contributed by atoms with E-state index < -0.39 is 5.97 Å². The van der Waals surface area contributed by atoms with Gasteiger partial charge in [0, 0.05) is 12.7 Å². The number of aromatic carboxylic acids is 1. The number of carbonyl (C=O) groups is 1. The number of unbranched alkanes of at least 4 members (excludes halogenated alkanes) is 1. The molecule has 0 aliphatic heterocycles. The number of hydrogen-bond donors (Lipinski definition) is 1. The Hall–Kier alpha value is -1.58. The van der Waals surface area contributed by atoms with Crippen LogP contribution < -0.4 is 0 Å². The van der Waals surface area contributed by atoms with Crippen molar-refractivity contribution in [2.45, 2.75) is 19.4 Å². The van der Waals surface area contributed by atoms with Gasteiger partial charge in [0.05, 0.1) is 0 Å². The Balaban J connectivity index is 2.49. The van der Waals surface area contributed by atoms with Crippen molar-refractivity contribution in [2.75, 3.05) is 0 Å². The molecular weight excluding hydrogens is 168 g/mol. The predicted molar refractivity (Wildman–Crippen MR) is 48.6 cm³/mol. The molecule has 0 saturated carbocycles. The van der Waals surface area contributed by atoms with E-state index in [1.165, 1.54) is 6.07 Å². The van der Waals surface area contributed by atoms with Gasteiger partial charge in [0.1, 0.15) is 0 Å². The minimum absolute atomic E-state index is 0.0959. The zero-order valence-electron chi connectivity index (χ0n) is 7.31. The molecule has 0 bridgehead atoms. The third kappa shape index (κ3) is 2.74. The van der Waals surface area contributed by atoms with E-state index in [2.05, 4.69) is 11.7 Å². The monoisotopic (exact) mass is 180 g/mol. The molecule has 0 aliphatic rings. The highest BCUT2D eigenvalue weighted by Gasteiger charge is 2.05. The van der Waals surface area contributed by atoms with Crippen LogP contribution in [0.3, 0.4) is 0 Å². The number of nitrogens with zero attached hydrogens (tertiary/aromatic N) is 2. The van der Waals surface area contributed by atoms with Crippen LogP contribution in [0.4, 0.5) is 0 Å². The molecule has 1 heterocycles. The third-order valence-corrected chi connectivity index (χ3v) is 1.66. The van der Waals surface area contributed by atoms with Crippen LogP contribution in [0.25, 0.3) is 0 Å². The summed E-state index contributed by atoms with van der Waals surface area (Å²) in [5.41, 5.74) is 0.0959. The lowest BCUT2D eigenvalue weighted by Crippen LogP contribution is -2.02. The standard InChI is InChI=1S/C9H12N2O2/c1-2-3-4-6-11-7-5-8(10-11)9(12)13/h2,5,7H,1,3-4,6H2,(H,12,13). The first-order chi connectivity index (χ1) is 6.24. The van der Waals surface area contributed by atoms with Gasteiger partial charge in [0.25, 0.3) is 0 Å². The minimum Gasteiger partial charge on any atom is -0.476 e. The van der Waals surface area contributed by atoms with Crippen LogP contribution in [0.1, 0.15) is 23.3 Å². The number of rotatable bonds is 5. The first-order valence-electron chi connectivity index (χ1n) is 4.11. The Morgan fingerprint density at radius 2 is 2.54 bits per heavy atom. The topological polar surface area (TPSA) is 55.1 Å². The summed E-state index contributed by atoms with van der Waals surface area (Å²) in [7, 11) is 0. The Kier molecular flexibility index (Phi) is 3.25. The number of carboxylic acids is 1. The molecule has 0 saturated heterocycles. The molecule has 1 rings (SSSR count). The predicted octanol–water partition coefficient (Wildman–Crippen LogP) is 1.55. The molecule has 0 spiro atoms. The van der Waals surface area contributed by atoms with Crippen molar-refractivity contribution in [1.29, 1.82) is 0 Å². The summed E-state index contributed by atoms with van der Waals surface area (Å²) in [6.45, 7) is 4.34. The molecule has 13 heavy (non-hydrogen) atoms. The summed E-state index contributed by atoms with van der Waals surface area (Å²) < 4.78 is 1.63. The van der Waals surface area contributed by atoms with E-state index in [0.29, 0.717) is 0 Å². The molecule has 1 aromatic heterocycles. The summed E-state index contributed by atoms with van der Waals surface area (Å²) in [5, 5.41) is 12.4. The zero-order valence-corrected chi connectivity index (χ0v) is 7.31. The number of carboxylic acid groups (broad SMARTS) is 1. The Morgan fingerprint density at radius 3 is 3.08 bits per heavy atom. The molecule has 0 fully saturated rings. The largest absolute Gasteiger partial charge is 0.476 e. The Morgan fingerprint density at radius 1 is 1.77 bits per heavy atom. The van der Waals surface area contributed by atoms with Gasteiger partial charge < -0.3 is 5.11 Å². The average Bonchev–Trinajstić information content (AvgIpc) is 2.53. The van der Waals surface area contributed by atoms with E-state index in [9.17, 15) is 4.79 Å². The van der Waals surface area contributed by atoms with E-state index in [1.807, 2.05) is 6.08 Å². The highest BCUT2D eigenvalue weighted by Crippen LogP contribution is 1.98. The number of allylic oxidation sites excluding steroid dienone is 1. The second kappa shape index (κ2) is 4.45. The van der Waals surface area contributed by atoms with Gasteiger partial charge in [-0.1, -0.05) is 6.08 Å². The van der Waals surface area contributed by atoms with Gasteiger partial charge >= 0.3 is 5.97 Å². The van der Waals surface area contributed by atoms with Crippen LogP contribution in [-0.4, -0.2) is 20.9 Å². The lowest BCUT2D eigenvalue weighted by Gasteiger charge is -1.97. The lowest BCUT2D eigenvalue weighted by atomic mass is 10.3. The zero-order chi connectivity index (χ0) is 9.68. The Bertz CT molecular complexity index is 304. The van der Waals surface area contributed by atoms with Gasteiger partial charge in [-0.15, -0.1) is 6.58 Å². The van der Waals surface area contributed by atoms with Crippen LogP contribution in [0.15, 0.2) is 24.9 Å². The van der Waals surface area contributed by atoms with Gasteiger partial charge in [0.2, 0.25) is 0 Å². The first-order valence-corrected chi connectivity index (χ1v) is 4.11. The summed E-state index contributed by atoms with van der Waals surface area (Å²) in [6.07, 6.45) is 5.36. The fourth-order valence-corrected chi connectivity index (χ4v) is 0.998. The van der Waals surface area contributed by atoms with Crippen molar-refractivity contribution in [3.05, 3.63) is 30.6 Å². The molecule has 0 radical (unpaired) electrons. The van der Waals surface area contributed by atoms with E-state index in [-0.39, 0.29) is 5.69 Å². The van der Waals surface area contributed by atoms with Gasteiger partial charge in [-0.05, 0) is 18.9 Å². The van der Waals surface area contributed by atoms with Crippen molar-refractivity contribution in [2.24, 2.45) is 0 Å². The molecule has 0 amide bonds.